The van der Waals surface area contributed by atoms with Crippen molar-refractivity contribution >= 4 is 44.6 Å². The third-order valence-corrected chi connectivity index (χ3v) is 6.12. The van der Waals surface area contributed by atoms with Gasteiger partial charge in [0, 0.05) is 29.2 Å². The van der Waals surface area contributed by atoms with Crippen LogP contribution in [-0.4, -0.2) is 28.4 Å². The first-order chi connectivity index (χ1) is 15.5. The SMILES string of the molecule is NC(=O)c1nc(Nc2ccc3ccccc3c2)sc1CC(=O)c1ccc(CCCO)cc1. The van der Waals surface area contributed by atoms with Crippen LogP contribution in [0.3, 0.4) is 0 Å². The minimum absolute atomic E-state index is 0.0470. The van der Waals surface area contributed by atoms with Crippen LogP contribution in [0.5, 0.6) is 0 Å². The summed E-state index contributed by atoms with van der Waals surface area (Å²) in [7, 11) is 0. The van der Waals surface area contributed by atoms with Crippen LogP contribution in [-0.2, 0) is 12.8 Å². The topological polar surface area (TPSA) is 105 Å². The number of aryl methyl sites for hydroxylation is 1. The van der Waals surface area contributed by atoms with E-state index in [1.54, 1.807) is 12.1 Å². The highest BCUT2D eigenvalue weighted by atomic mass is 32.1. The van der Waals surface area contributed by atoms with E-state index in [0.717, 1.165) is 28.4 Å². The number of nitrogens with one attached hydrogen (secondary N) is 1. The van der Waals surface area contributed by atoms with Gasteiger partial charge in [-0.1, -0.05) is 54.6 Å². The lowest BCUT2D eigenvalue weighted by atomic mass is 10.0. The number of Topliss-reactive ketones (excluding diaryl/α,β-unsaturated/α-hetero) is 1. The van der Waals surface area contributed by atoms with E-state index in [0.29, 0.717) is 22.0 Å². The maximum absolute atomic E-state index is 12.8. The Hall–Kier alpha value is -3.55. The van der Waals surface area contributed by atoms with Crippen LogP contribution in [0.4, 0.5) is 10.8 Å². The summed E-state index contributed by atoms with van der Waals surface area (Å²) in [4.78, 5) is 29.6. The minimum Gasteiger partial charge on any atom is -0.396 e. The number of nitrogens with two attached hydrogens (primary N) is 1. The molecule has 32 heavy (non-hydrogen) atoms. The number of ketones is 1. The van der Waals surface area contributed by atoms with Gasteiger partial charge in [0.15, 0.2) is 10.9 Å². The van der Waals surface area contributed by atoms with Crippen LogP contribution in [0.1, 0.15) is 37.7 Å². The van der Waals surface area contributed by atoms with Crippen molar-refractivity contribution in [3.63, 3.8) is 0 Å². The van der Waals surface area contributed by atoms with E-state index >= 15 is 0 Å². The smallest absolute Gasteiger partial charge is 0.268 e. The molecule has 0 spiro atoms. The summed E-state index contributed by atoms with van der Waals surface area (Å²) in [5, 5.41) is 14.9. The maximum Gasteiger partial charge on any atom is 0.268 e. The molecular formula is C25H23N3O3S. The van der Waals surface area contributed by atoms with E-state index in [4.69, 9.17) is 10.8 Å². The predicted octanol–water partition coefficient (Wildman–Crippen LogP) is 4.49. The largest absolute Gasteiger partial charge is 0.396 e. The van der Waals surface area contributed by atoms with E-state index in [2.05, 4.69) is 10.3 Å². The lowest BCUT2D eigenvalue weighted by molar-refractivity contribution is 0.0991. The normalized spacial score (nSPS) is 10.9. The van der Waals surface area contributed by atoms with Gasteiger partial charge in [-0.05, 0) is 41.3 Å². The molecule has 0 radical (unpaired) electrons. The number of primary amides is 1. The fraction of sp³-hybridized carbons (Fsp3) is 0.160. The second kappa shape index (κ2) is 9.72. The van der Waals surface area contributed by atoms with Crippen LogP contribution in [0.25, 0.3) is 10.8 Å². The predicted molar refractivity (Wildman–Crippen MR) is 128 cm³/mol. The summed E-state index contributed by atoms with van der Waals surface area (Å²) >= 11 is 1.25. The van der Waals surface area contributed by atoms with Crippen molar-refractivity contribution in [3.8, 4) is 0 Å². The van der Waals surface area contributed by atoms with E-state index in [-0.39, 0.29) is 24.5 Å². The number of carbonyl (C=O) groups excluding carboxylic acids is 2. The molecule has 0 aliphatic rings. The Bertz CT molecular complexity index is 1270. The number of benzene rings is 3. The first-order valence-corrected chi connectivity index (χ1v) is 11.1. The van der Waals surface area contributed by atoms with E-state index < -0.39 is 5.91 Å². The molecule has 0 saturated carbocycles. The zero-order valence-corrected chi connectivity index (χ0v) is 18.2. The molecule has 0 bridgehead atoms. The highest BCUT2D eigenvalue weighted by Gasteiger charge is 2.19. The molecule has 0 saturated heterocycles. The zero-order chi connectivity index (χ0) is 22.5. The van der Waals surface area contributed by atoms with E-state index in [9.17, 15) is 9.59 Å². The molecule has 1 aromatic heterocycles. The van der Waals surface area contributed by atoms with Gasteiger partial charge in [-0.2, -0.15) is 0 Å². The number of aliphatic hydroxyl groups excluding tert-OH is 1. The van der Waals surface area contributed by atoms with Crippen molar-refractivity contribution in [2.75, 3.05) is 11.9 Å². The van der Waals surface area contributed by atoms with Crippen LogP contribution in [0.2, 0.25) is 0 Å². The Morgan fingerprint density at radius 3 is 2.47 bits per heavy atom. The average Bonchev–Trinajstić information content (AvgIpc) is 3.20. The van der Waals surface area contributed by atoms with Crippen molar-refractivity contribution in [3.05, 3.63) is 88.4 Å². The van der Waals surface area contributed by atoms with Crippen molar-refractivity contribution in [2.45, 2.75) is 19.3 Å². The number of aromatic nitrogens is 1. The third-order valence-electron chi connectivity index (χ3n) is 5.15. The number of fused-ring (bicyclic) bond motifs is 1. The number of carbonyl (C=O) groups is 2. The van der Waals surface area contributed by atoms with Gasteiger partial charge in [0.2, 0.25) is 0 Å². The lowest BCUT2D eigenvalue weighted by Crippen LogP contribution is -2.15. The van der Waals surface area contributed by atoms with Crippen molar-refractivity contribution in [1.29, 1.82) is 0 Å². The van der Waals surface area contributed by atoms with Crippen molar-refractivity contribution in [1.82, 2.24) is 4.98 Å². The number of thiazole rings is 1. The number of rotatable bonds is 9. The number of hydrogen-bond donors (Lipinski definition) is 3. The summed E-state index contributed by atoms with van der Waals surface area (Å²) in [5.41, 5.74) is 8.10. The number of aliphatic hydroxyl groups is 1. The minimum atomic E-state index is -0.657. The number of hydrogen-bond acceptors (Lipinski definition) is 6. The molecule has 7 heteroatoms. The summed E-state index contributed by atoms with van der Waals surface area (Å²) in [6.45, 7) is 0.136. The van der Waals surface area contributed by atoms with Crippen LogP contribution in [0.15, 0.2) is 66.7 Å². The molecule has 0 aliphatic heterocycles. The number of amides is 1. The van der Waals surface area contributed by atoms with Crippen LogP contribution in [0, 0.1) is 0 Å². The first kappa shape index (κ1) is 21.7. The van der Waals surface area contributed by atoms with Gasteiger partial charge in [-0.15, -0.1) is 11.3 Å². The second-order valence-electron chi connectivity index (χ2n) is 7.47. The van der Waals surface area contributed by atoms with Gasteiger partial charge < -0.3 is 16.2 Å². The molecule has 0 fully saturated rings. The van der Waals surface area contributed by atoms with Crippen molar-refractivity contribution < 1.29 is 14.7 Å². The van der Waals surface area contributed by atoms with Gasteiger partial charge in [0.25, 0.3) is 5.91 Å². The molecule has 0 atom stereocenters. The molecule has 3 aromatic carbocycles. The number of nitrogens with zero attached hydrogens (tertiary/aromatic N) is 1. The van der Waals surface area contributed by atoms with Crippen LogP contribution >= 0.6 is 11.3 Å². The Labute approximate surface area is 189 Å². The molecule has 4 aromatic rings. The molecule has 4 N–H and O–H groups in total. The molecular weight excluding hydrogens is 422 g/mol. The zero-order valence-electron chi connectivity index (χ0n) is 17.4. The third kappa shape index (κ3) is 5.01. The molecule has 1 amide bonds. The highest BCUT2D eigenvalue weighted by molar-refractivity contribution is 7.16. The quantitative estimate of drug-likeness (QED) is 0.329. The van der Waals surface area contributed by atoms with Crippen molar-refractivity contribution in [2.24, 2.45) is 5.73 Å². The van der Waals surface area contributed by atoms with E-state index in [1.807, 2.05) is 54.6 Å². The molecule has 0 unspecified atom stereocenters. The van der Waals surface area contributed by atoms with Gasteiger partial charge in [-0.25, -0.2) is 4.98 Å². The van der Waals surface area contributed by atoms with Gasteiger partial charge in [0.05, 0.1) is 0 Å². The fourth-order valence-corrected chi connectivity index (χ4v) is 4.48. The maximum atomic E-state index is 12.8. The standard InChI is InChI=1S/C25H23N3O3S/c26-24(31)23-22(15-21(30)18-9-7-16(8-10-18)4-3-13-29)32-25(28-23)27-20-12-11-17-5-1-2-6-19(17)14-20/h1-2,5-12,14,29H,3-4,13,15H2,(H2,26,31)(H,27,28). The summed E-state index contributed by atoms with van der Waals surface area (Å²) in [6, 6.07) is 21.3. The monoisotopic (exact) mass is 445 g/mol. The molecule has 162 valence electrons. The average molecular weight is 446 g/mol. The number of anilines is 2. The molecule has 4 rings (SSSR count). The van der Waals surface area contributed by atoms with E-state index in [1.165, 1.54) is 11.3 Å². The Kier molecular flexibility index (Phi) is 6.58. The Morgan fingerprint density at radius 2 is 1.75 bits per heavy atom. The van der Waals surface area contributed by atoms with Gasteiger partial charge in [0.1, 0.15) is 5.69 Å². The lowest BCUT2D eigenvalue weighted by Gasteiger charge is -2.04. The molecule has 0 aliphatic carbocycles. The van der Waals surface area contributed by atoms with Gasteiger partial charge >= 0.3 is 0 Å². The first-order valence-electron chi connectivity index (χ1n) is 10.3. The summed E-state index contributed by atoms with van der Waals surface area (Å²) in [5.74, 6) is -0.767. The molecule has 1 heterocycles. The summed E-state index contributed by atoms with van der Waals surface area (Å²) < 4.78 is 0. The van der Waals surface area contributed by atoms with Crippen LogP contribution < -0.4 is 11.1 Å². The second-order valence-corrected chi connectivity index (χ2v) is 8.55. The highest BCUT2D eigenvalue weighted by Crippen LogP contribution is 2.29. The fourth-order valence-electron chi connectivity index (χ4n) is 3.50. The molecule has 6 nitrogen and oxygen atoms in total. The van der Waals surface area contributed by atoms with Gasteiger partial charge in [-0.3, -0.25) is 9.59 Å². The summed E-state index contributed by atoms with van der Waals surface area (Å²) in [6.07, 6.45) is 1.49. The Morgan fingerprint density at radius 1 is 1.00 bits per heavy atom. The Balaban J connectivity index is 1.52.